The minimum absolute atomic E-state index is 0.0896. The van der Waals surface area contributed by atoms with E-state index in [9.17, 15) is 17.6 Å². The molecule has 1 aromatic carbocycles. The number of nitrogens with zero attached hydrogens (tertiary/aromatic N) is 1. The zero-order valence-electron chi connectivity index (χ0n) is 14.3. The van der Waals surface area contributed by atoms with Crippen LogP contribution in [0.15, 0.2) is 18.2 Å². The number of nitrogens with one attached hydrogen (secondary N) is 1. The van der Waals surface area contributed by atoms with Crippen LogP contribution in [0.1, 0.15) is 6.92 Å². The molecule has 0 aliphatic carbocycles. The van der Waals surface area contributed by atoms with Crippen LogP contribution in [0.25, 0.3) is 0 Å². The second-order valence-corrected chi connectivity index (χ2v) is 7.94. The number of hydrogen-bond donors (Lipinski definition) is 1. The molecule has 3 rings (SSSR count). The molecule has 2 heterocycles. The SMILES string of the molecule is CC(CS(=O)(=O)Oc1ccc(N2CCOCC2)c(F)c1)C1CNC(=O)O1. The van der Waals surface area contributed by atoms with Gasteiger partial charge in [0.2, 0.25) is 0 Å². The molecule has 0 bridgehead atoms. The van der Waals surface area contributed by atoms with Crippen LogP contribution in [0.3, 0.4) is 0 Å². The smallest absolute Gasteiger partial charge is 0.407 e. The van der Waals surface area contributed by atoms with Crippen molar-refractivity contribution in [3.63, 3.8) is 0 Å². The predicted octanol–water partition coefficient (Wildman–Crippen LogP) is 1.12. The molecule has 0 saturated carbocycles. The van der Waals surface area contributed by atoms with E-state index in [-0.39, 0.29) is 18.0 Å². The minimum atomic E-state index is -3.96. The monoisotopic (exact) mass is 388 g/mol. The second kappa shape index (κ2) is 7.67. The van der Waals surface area contributed by atoms with Gasteiger partial charge in [-0.05, 0) is 12.1 Å². The first kappa shape index (κ1) is 18.7. The Morgan fingerprint density at radius 2 is 2.12 bits per heavy atom. The number of carbonyl (C=O) groups excluding carboxylic acids is 1. The van der Waals surface area contributed by atoms with Gasteiger partial charge < -0.3 is 23.9 Å². The number of anilines is 1. The van der Waals surface area contributed by atoms with Gasteiger partial charge in [-0.2, -0.15) is 8.42 Å². The first-order valence-corrected chi connectivity index (χ1v) is 9.91. The molecule has 0 aromatic heterocycles. The Balaban J connectivity index is 1.63. The number of cyclic esters (lactones) is 1. The maximum Gasteiger partial charge on any atom is 0.407 e. The number of hydrogen-bond acceptors (Lipinski definition) is 7. The Hall–Kier alpha value is -2.07. The number of carbonyl (C=O) groups is 1. The molecule has 144 valence electrons. The number of alkyl carbamates (subject to hydrolysis) is 1. The van der Waals surface area contributed by atoms with Gasteiger partial charge in [-0.15, -0.1) is 0 Å². The van der Waals surface area contributed by atoms with Crippen LogP contribution in [0.4, 0.5) is 14.9 Å². The molecule has 2 saturated heterocycles. The third-order valence-electron chi connectivity index (χ3n) is 4.30. The van der Waals surface area contributed by atoms with Gasteiger partial charge in [0.1, 0.15) is 17.7 Å². The highest BCUT2D eigenvalue weighted by molar-refractivity contribution is 7.87. The lowest BCUT2D eigenvalue weighted by molar-refractivity contribution is 0.115. The third-order valence-corrected chi connectivity index (χ3v) is 5.68. The largest absolute Gasteiger partial charge is 0.444 e. The van der Waals surface area contributed by atoms with Crippen molar-refractivity contribution in [1.82, 2.24) is 5.32 Å². The van der Waals surface area contributed by atoms with E-state index in [4.69, 9.17) is 13.7 Å². The summed E-state index contributed by atoms with van der Waals surface area (Å²) in [5.74, 6) is -1.45. The molecule has 10 heteroatoms. The molecule has 2 aliphatic heterocycles. The van der Waals surface area contributed by atoms with Gasteiger partial charge in [0, 0.05) is 25.1 Å². The lowest BCUT2D eigenvalue weighted by Crippen LogP contribution is -2.36. The number of amides is 1. The van der Waals surface area contributed by atoms with E-state index in [1.807, 2.05) is 4.90 Å². The maximum absolute atomic E-state index is 14.3. The summed E-state index contributed by atoms with van der Waals surface area (Å²) in [7, 11) is -3.96. The Morgan fingerprint density at radius 1 is 1.38 bits per heavy atom. The molecule has 1 aromatic rings. The molecule has 1 amide bonds. The van der Waals surface area contributed by atoms with Crippen molar-refractivity contribution in [2.75, 3.05) is 43.5 Å². The highest BCUT2D eigenvalue weighted by Gasteiger charge is 2.32. The molecule has 1 N–H and O–H groups in total. The first-order valence-electron chi connectivity index (χ1n) is 8.33. The van der Waals surface area contributed by atoms with E-state index < -0.39 is 34.1 Å². The summed E-state index contributed by atoms with van der Waals surface area (Å²) in [6.45, 7) is 4.07. The predicted molar refractivity (Wildman–Crippen MR) is 91.3 cm³/mol. The Morgan fingerprint density at radius 3 is 2.73 bits per heavy atom. The van der Waals surface area contributed by atoms with E-state index in [2.05, 4.69) is 5.32 Å². The van der Waals surface area contributed by atoms with E-state index >= 15 is 0 Å². The van der Waals surface area contributed by atoms with Gasteiger partial charge in [-0.25, -0.2) is 9.18 Å². The van der Waals surface area contributed by atoms with Crippen molar-refractivity contribution in [1.29, 1.82) is 0 Å². The van der Waals surface area contributed by atoms with Crippen LogP contribution >= 0.6 is 0 Å². The Bertz CT molecular complexity index is 766. The van der Waals surface area contributed by atoms with Gasteiger partial charge in [0.15, 0.2) is 0 Å². The fourth-order valence-corrected chi connectivity index (χ4v) is 4.26. The van der Waals surface area contributed by atoms with E-state index in [0.29, 0.717) is 32.0 Å². The van der Waals surface area contributed by atoms with E-state index in [0.717, 1.165) is 6.07 Å². The molecular formula is C16H21FN2O6S. The zero-order chi connectivity index (χ0) is 18.7. The second-order valence-electron chi connectivity index (χ2n) is 6.32. The molecule has 8 nitrogen and oxygen atoms in total. The lowest BCUT2D eigenvalue weighted by Gasteiger charge is -2.29. The molecule has 2 fully saturated rings. The van der Waals surface area contributed by atoms with Crippen molar-refractivity contribution in [3.8, 4) is 5.75 Å². The number of halogens is 1. The summed E-state index contributed by atoms with van der Waals surface area (Å²) < 4.78 is 54.0. The standard InChI is InChI=1S/C16H21FN2O6S/c1-11(15-9-18-16(20)24-15)10-26(21,22)25-12-2-3-14(13(17)8-12)19-4-6-23-7-5-19/h2-3,8,11,15H,4-7,9-10H2,1H3,(H,18,20). The highest BCUT2D eigenvalue weighted by Crippen LogP contribution is 2.26. The first-order chi connectivity index (χ1) is 12.3. The summed E-state index contributed by atoms with van der Waals surface area (Å²) in [5.41, 5.74) is 0.385. The molecule has 26 heavy (non-hydrogen) atoms. The van der Waals surface area contributed by atoms with E-state index in [1.165, 1.54) is 12.1 Å². The maximum atomic E-state index is 14.3. The summed E-state index contributed by atoms with van der Waals surface area (Å²) >= 11 is 0. The summed E-state index contributed by atoms with van der Waals surface area (Å²) in [6.07, 6.45) is -1.11. The number of morpholine rings is 1. The molecule has 0 spiro atoms. The topological polar surface area (TPSA) is 94.2 Å². The van der Waals surface area contributed by atoms with Crippen LogP contribution < -0.4 is 14.4 Å². The van der Waals surface area contributed by atoms with Crippen LogP contribution in [-0.4, -0.2) is 59.2 Å². The fourth-order valence-electron chi connectivity index (χ4n) is 2.93. The van der Waals surface area contributed by atoms with Gasteiger partial charge in [0.05, 0.1) is 31.2 Å². The fraction of sp³-hybridized carbons (Fsp3) is 0.562. The van der Waals surface area contributed by atoms with Crippen molar-refractivity contribution in [3.05, 3.63) is 24.0 Å². The molecule has 2 aliphatic rings. The summed E-state index contributed by atoms with van der Waals surface area (Å²) in [5, 5.41) is 2.47. The number of ether oxygens (including phenoxy) is 2. The quantitative estimate of drug-likeness (QED) is 0.730. The van der Waals surface area contributed by atoms with Crippen LogP contribution in [0.5, 0.6) is 5.75 Å². The van der Waals surface area contributed by atoms with Crippen molar-refractivity contribution >= 4 is 21.9 Å². The Labute approximate surface area is 151 Å². The average Bonchev–Trinajstić information content (AvgIpc) is 3.01. The summed E-state index contributed by atoms with van der Waals surface area (Å²) in [6, 6.07) is 3.98. The molecule has 0 radical (unpaired) electrons. The highest BCUT2D eigenvalue weighted by atomic mass is 32.2. The van der Waals surface area contributed by atoms with Gasteiger partial charge in [-0.1, -0.05) is 6.92 Å². The Kier molecular flexibility index (Phi) is 5.52. The van der Waals surface area contributed by atoms with Crippen LogP contribution in [-0.2, 0) is 19.6 Å². The van der Waals surface area contributed by atoms with Gasteiger partial charge in [-0.3, -0.25) is 0 Å². The third kappa shape index (κ3) is 4.55. The van der Waals surface area contributed by atoms with Crippen molar-refractivity contribution in [2.45, 2.75) is 13.0 Å². The van der Waals surface area contributed by atoms with Crippen LogP contribution in [0, 0.1) is 11.7 Å². The normalized spacial score (nSPS) is 21.8. The van der Waals surface area contributed by atoms with Crippen molar-refractivity contribution < 1.29 is 31.3 Å². The van der Waals surface area contributed by atoms with Gasteiger partial charge >= 0.3 is 16.2 Å². The summed E-state index contributed by atoms with van der Waals surface area (Å²) in [4.78, 5) is 12.9. The zero-order valence-corrected chi connectivity index (χ0v) is 15.1. The van der Waals surface area contributed by atoms with Crippen molar-refractivity contribution in [2.24, 2.45) is 5.92 Å². The number of rotatable bonds is 6. The lowest BCUT2D eigenvalue weighted by atomic mass is 10.1. The number of benzene rings is 1. The van der Waals surface area contributed by atoms with Gasteiger partial charge in [0.25, 0.3) is 0 Å². The molecular weight excluding hydrogens is 367 g/mol. The minimum Gasteiger partial charge on any atom is -0.444 e. The van der Waals surface area contributed by atoms with Crippen LogP contribution in [0.2, 0.25) is 0 Å². The van der Waals surface area contributed by atoms with E-state index in [1.54, 1.807) is 6.92 Å². The molecule has 2 atom stereocenters. The molecule has 2 unspecified atom stereocenters. The average molecular weight is 388 g/mol.